The summed E-state index contributed by atoms with van der Waals surface area (Å²) in [4.78, 5) is 0. The van der Waals surface area contributed by atoms with Crippen LogP contribution in [0.4, 0.5) is 0 Å². The first-order valence-electron chi connectivity index (χ1n) is 21.2. The summed E-state index contributed by atoms with van der Waals surface area (Å²) in [5, 5.41) is 0. The van der Waals surface area contributed by atoms with Gasteiger partial charge in [0.1, 0.15) is 0 Å². The maximum absolute atomic E-state index is 6.89. The summed E-state index contributed by atoms with van der Waals surface area (Å²) in [6, 6.07) is 0.654. The van der Waals surface area contributed by atoms with Gasteiger partial charge in [0, 0.05) is 25.7 Å². The zero-order valence-corrected chi connectivity index (χ0v) is 32.9. The van der Waals surface area contributed by atoms with Crippen LogP contribution < -0.4 is 0 Å². The number of nitrogens with zero attached hydrogens (tertiary/aromatic N) is 1. The summed E-state index contributed by atoms with van der Waals surface area (Å²) >= 11 is 0. The van der Waals surface area contributed by atoms with Crippen LogP contribution in [0, 0.1) is 0 Å². The van der Waals surface area contributed by atoms with Crippen LogP contribution in [-0.2, 0) is 9.47 Å². The Morgan fingerprint density at radius 1 is 0.458 bits per heavy atom. The minimum atomic E-state index is -0.310. The number of unbranched alkanes of at least 4 members (excludes halogenated alkanes) is 18. The molecular formula is C45H82NO2+. The molecule has 0 aromatic heterocycles. The van der Waals surface area contributed by atoms with Crippen molar-refractivity contribution >= 4 is 0 Å². The Bertz CT molecular complexity index is 801. The fourth-order valence-electron chi connectivity index (χ4n) is 7.52. The lowest BCUT2D eigenvalue weighted by atomic mass is 9.98. The number of hydrogen-bond donors (Lipinski definition) is 0. The van der Waals surface area contributed by atoms with Crippen molar-refractivity contribution < 1.29 is 14.0 Å². The number of rotatable bonds is 31. The third-order valence-electron chi connectivity index (χ3n) is 10.8. The van der Waals surface area contributed by atoms with Crippen molar-refractivity contribution in [1.82, 2.24) is 0 Å². The lowest BCUT2D eigenvalue weighted by Crippen LogP contribution is -2.45. The normalized spacial score (nSPS) is 21.2. The molecule has 48 heavy (non-hydrogen) atoms. The summed E-state index contributed by atoms with van der Waals surface area (Å²) in [5.41, 5.74) is 0. The van der Waals surface area contributed by atoms with Gasteiger partial charge >= 0.3 is 0 Å². The average Bonchev–Trinajstić information content (AvgIpc) is 3.61. The van der Waals surface area contributed by atoms with Gasteiger partial charge in [-0.1, -0.05) is 140 Å². The molecule has 1 heterocycles. The van der Waals surface area contributed by atoms with Crippen LogP contribution in [0.5, 0.6) is 0 Å². The highest BCUT2D eigenvalue weighted by Gasteiger charge is 2.53. The van der Waals surface area contributed by atoms with Gasteiger partial charge in [0.25, 0.3) is 0 Å². The van der Waals surface area contributed by atoms with E-state index >= 15 is 0 Å². The van der Waals surface area contributed by atoms with Gasteiger partial charge in [0.15, 0.2) is 5.79 Å². The maximum atomic E-state index is 6.89. The molecule has 1 saturated carbocycles. The molecule has 1 saturated heterocycles. The molecule has 0 bridgehead atoms. The molecule has 2 rings (SSSR count). The van der Waals surface area contributed by atoms with Crippen molar-refractivity contribution in [3.05, 3.63) is 48.6 Å². The highest BCUT2D eigenvalue weighted by Crippen LogP contribution is 2.45. The number of ether oxygens (including phenoxy) is 2. The van der Waals surface area contributed by atoms with E-state index in [-0.39, 0.29) is 5.79 Å². The topological polar surface area (TPSA) is 18.5 Å². The molecule has 0 spiro atoms. The second-order valence-corrected chi connectivity index (χ2v) is 16.1. The van der Waals surface area contributed by atoms with Crippen molar-refractivity contribution in [1.29, 1.82) is 0 Å². The molecule has 1 aliphatic heterocycles. The van der Waals surface area contributed by atoms with Gasteiger partial charge in [-0.05, 0) is 77.0 Å². The van der Waals surface area contributed by atoms with Crippen LogP contribution in [0.25, 0.3) is 0 Å². The minimum absolute atomic E-state index is 0.307. The molecule has 0 amide bonds. The van der Waals surface area contributed by atoms with Crippen LogP contribution in [0.2, 0.25) is 0 Å². The van der Waals surface area contributed by atoms with Crippen LogP contribution in [0.1, 0.15) is 194 Å². The van der Waals surface area contributed by atoms with E-state index in [9.17, 15) is 0 Å². The zero-order valence-electron chi connectivity index (χ0n) is 32.9. The Labute approximate surface area is 300 Å². The summed E-state index contributed by atoms with van der Waals surface area (Å²) in [5.74, 6) is -0.310. The van der Waals surface area contributed by atoms with Gasteiger partial charge in [0.05, 0.1) is 39.4 Å². The lowest BCUT2D eigenvalue weighted by Gasteiger charge is -2.34. The standard InChI is InChI=1S/C45H82NO2/c1-6-8-10-12-14-16-18-20-22-24-26-28-30-32-34-36-38-45(47-43-40-42(46(3,4)5)41-44(43)48-45)39-37-35-33-31-29-27-25-23-21-19-17-15-13-11-9-7-2/h14-17,20-23,42-44H,6-13,18-19,24-41H2,1-5H3/q+1/b16-14-,17-15-,22-20-,23-21-/t42-,43-,44?/m0/s1. The highest BCUT2D eigenvalue weighted by atomic mass is 16.8. The third-order valence-corrected chi connectivity index (χ3v) is 10.8. The molecule has 0 aromatic carbocycles. The Hall–Kier alpha value is -1.16. The largest absolute Gasteiger partial charge is 0.344 e. The fraction of sp³-hybridized carbons (Fsp3) is 0.822. The fourth-order valence-corrected chi connectivity index (χ4v) is 7.52. The van der Waals surface area contributed by atoms with E-state index in [1.807, 2.05) is 0 Å². The summed E-state index contributed by atoms with van der Waals surface area (Å²) in [6.45, 7) is 4.54. The Morgan fingerprint density at radius 2 is 0.792 bits per heavy atom. The molecule has 278 valence electrons. The van der Waals surface area contributed by atoms with E-state index in [0.29, 0.717) is 18.2 Å². The second-order valence-electron chi connectivity index (χ2n) is 16.1. The van der Waals surface area contributed by atoms with Crippen molar-refractivity contribution in [2.75, 3.05) is 21.1 Å². The predicted octanol–water partition coefficient (Wildman–Crippen LogP) is 13.7. The monoisotopic (exact) mass is 669 g/mol. The van der Waals surface area contributed by atoms with Crippen molar-refractivity contribution in [3.63, 3.8) is 0 Å². The maximum Gasteiger partial charge on any atom is 0.169 e. The van der Waals surface area contributed by atoms with E-state index in [0.717, 1.165) is 43.0 Å². The zero-order chi connectivity index (χ0) is 34.6. The van der Waals surface area contributed by atoms with Crippen LogP contribution in [0.15, 0.2) is 48.6 Å². The quantitative estimate of drug-likeness (QED) is 0.0416. The molecule has 2 aliphatic rings. The van der Waals surface area contributed by atoms with E-state index < -0.39 is 0 Å². The highest BCUT2D eigenvalue weighted by molar-refractivity contribution is 4.95. The Morgan fingerprint density at radius 3 is 1.15 bits per heavy atom. The molecule has 2 fully saturated rings. The average molecular weight is 669 g/mol. The van der Waals surface area contributed by atoms with Crippen LogP contribution in [0.3, 0.4) is 0 Å². The number of quaternary nitrogens is 1. The molecule has 3 heteroatoms. The van der Waals surface area contributed by atoms with Gasteiger partial charge in [-0.15, -0.1) is 0 Å². The second kappa shape index (κ2) is 27.5. The van der Waals surface area contributed by atoms with E-state index in [1.54, 1.807) is 0 Å². The SMILES string of the molecule is CCCCC/C=C\C/C=C\CCCCCCCCC1(CCCCCCCC/C=C\C/C=C\CCCCC)OC2C[C@@H]([N+](C)(C)C)C[C@@H]2O1. The first-order chi connectivity index (χ1) is 23.4. The van der Waals surface area contributed by atoms with Crippen molar-refractivity contribution in [2.45, 2.75) is 218 Å². The summed E-state index contributed by atoms with van der Waals surface area (Å²) in [7, 11) is 6.98. The summed E-state index contributed by atoms with van der Waals surface area (Å²) < 4.78 is 14.8. The molecule has 1 unspecified atom stereocenters. The van der Waals surface area contributed by atoms with Gasteiger partial charge in [-0.25, -0.2) is 0 Å². The molecule has 0 N–H and O–H groups in total. The Kier molecular flexibility index (Phi) is 24.7. The predicted molar refractivity (Wildman–Crippen MR) is 211 cm³/mol. The Balaban J connectivity index is 1.58. The molecule has 0 radical (unpaired) electrons. The first kappa shape index (κ1) is 43.0. The van der Waals surface area contributed by atoms with Crippen LogP contribution in [-0.4, -0.2) is 49.7 Å². The molecular weight excluding hydrogens is 587 g/mol. The summed E-state index contributed by atoms with van der Waals surface area (Å²) in [6.07, 6.45) is 55.1. The van der Waals surface area contributed by atoms with Gasteiger partial charge in [-0.2, -0.15) is 0 Å². The van der Waals surface area contributed by atoms with E-state index in [1.165, 1.54) is 141 Å². The molecule has 3 atom stereocenters. The van der Waals surface area contributed by atoms with E-state index in [4.69, 9.17) is 9.47 Å². The number of allylic oxidation sites excluding steroid dienone is 8. The smallest absolute Gasteiger partial charge is 0.169 e. The number of fused-ring (bicyclic) bond motifs is 1. The van der Waals surface area contributed by atoms with Gasteiger partial charge < -0.3 is 14.0 Å². The molecule has 0 aromatic rings. The van der Waals surface area contributed by atoms with Crippen LogP contribution >= 0.6 is 0 Å². The van der Waals surface area contributed by atoms with Crippen molar-refractivity contribution in [2.24, 2.45) is 0 Å². The third kappa shape index (κ3) is 20.5. The van der Waals surface area contributed by atoms with Gasteiger partial charge in [-0.3, -0.25) is 0 Å². The molecule has 3 nitrogen and oxygen atoms in total. The minimum Gasteiger partial charge on any atom is -0.344 e. The van der Waals surface area contributed by atoms with Crippen molar-refractivity contribution in [3.8, 4) is 0 Å². The molecule has 1 aliphatic carbocycles. The number of hydrogen-bond acceptors (Lipinski definition) is 2. The lowest BCUT2D eigenvalue weighted by molar-refractivity contribution is -0.895. The first-order valence-corrected chi connectivity index (χ1v) is 21.2. The van der Waals surface area contributed by atoms with E-state index in [2.05, 4.69) is 83.6 Å². The van der Waals surface area contributed by atoms with Gasteiger partial charge in [0.2, 0.25) is 0 Å².